The fourth-order valence-corrected chi connectivity index (χ4v) is 3.27. The van der Waals surface area contributed by atoms with E-state index in [1.54, 1.807) is 18.6 Å². The highest BCUT2D eigenvalue weighted by molar-refractivity contribution is 5.95. The summed E-state index contributed by atoms with van der Waals surface area (Å²) in [6.45, 7) is 5.92. The first kappa shape index (κ1) is 13.4. The van der Waals surface area contributed by atoms with Gasteiger partial charge in [0.2, 0.25) is 0 Å². The van der Waals surface area contributed by atoms with E-state index in [4.69, 9.17) is 0 Å². The van der Waals surface area contributed by atoms with Gasteiger partial charge in [0.1, 0.15) is 0 Å². The zero-order valence-corrected chi connectivity index (χ0v) is 13.0. The molecule has 6 nitrogen and oxygen atoms in total. The minimum Gasteiger partial charge on any atom is -0.346 e. The SMILES string of the molecule is CC(C)(C)NC(=O)c1nn(-c2cnccn2)c2c1CC1CC21. The van der Waals surface area contributed by atoms with E-state index in [0.717, 1.165) is 17.7 Å². The predicted octanol–water partition coefficient (Wildman–Crippen LogP) is 1.85. The minimum absolute atomic E-state index is 0.104. The van der Waals surface area contributed by atoms with Gasteiger partial charge >= 0.3 is 0 Å². The van der Waals surface area contributed by atoms with Gasteiger partial charge in [-0.05, 0) is 39.5 Å². The molecular weight excluding hydrogens is 278 g/mol. The third-order valence-electron chi connectivity index (χ3n) is 4.23. The molecule has 1 saturated carbocycles. The number of carbonyl (C=O) groups excluding carboxylic acids is 1. The van der Waals surface area contributed by atoms with Crippen molar-refractivity contribution in [2.45, 2.75) is 45.1 Å². The second kappa shape index (κ2) is 4.38. The Morgan fingerprint density at radius 3 is 2.86 bits per heavy atom. The van der Waals surface area contributed by atoms with Gasteiger partial charge in [-0.3, -0.25) is 9.78 Å². The summed E-state index contributed by atoms with van der Waals surface area (Å²) in [6, 6.07) is 0. The van der Waals surface area contributed by atoms with Crippen LogP contribution >= 0.6 is 0 Å². The number of fused-ring (bicyclic) bond motifs is 3. The maximum Gasteiger partial charge on any atom is 0.272 e. The summed E-state index contributed by atoms with van der Waals surface area (Å²) in [5.41, 5.74) is 2.52. The molecule has 0 aliphatic heterocycles. The Kier molecular flexibility index (Phi) is 2.67. The number of rotatable bonds is 2. The van der Waals surface area contributed by atoms with Crippen molar-refractivity contribution in [3.05, 3.63) is 35.5 Å². The monoisotopic (exact) mass is 297 g/mol. The van der Waals surface area contributed by atoms with Gasteiger partial charge in [-0.1, -0.05) is 0 Å². The number of nitrogens with zero attached hydrogens (tertiary/aromatic N) is 4. The zero-order valence-electron chi connectivity index (χ0n) is 13.0. The largest absolute Gasteiger partial charge is 0.346 e. The van der Waals surface area contributed by atoms with Crippen molar-refractivity contribution < 1.29 is 4.79 Å². The second-order valence-corrected chi connectivity index (χ2v) is 7.20. The number of nitrogens with one attached hydrogen (secondary N) is 1. The molecule has 2 aliphatic carbocycles. The average Bonchev–Trinajstić information content (AvgIpc) is 2.95. The molecule has 114 valence electrons. The Balaban J connectivity index is 1.79. The van der Waals surface area contributed by atoms with Crippen molar-refractivity contribution in [3.63, 3.8) is 0 Å². The van der Waals surface area contributed by atoms with Crippen molar-refractivity contribution in [2.75, 3.05) is 0 Å². The fraction of sp³-hybridized carbons (Fsp3) is 0.500. The van der Waals surface area contributed by atoms with E-state index in [1.165, 1.54) is 6.42 Å². The van der Waals surface area contributed by atoms with Gasteiger partial charge in [0, 0.05) is 29.4 Å². The summed E-state index contributed by atoms with van der Waals surface area (Å²) in [4.78, 5) is 21.0. The Morgan fingerprint density at radius 1 is 1.36 bits per heavy atom. The van der Waals surface area contributed by atoms with E-state index >= 15 is 0 Å². The third kappa shape index (κ3) is 2.10. The molecule has 0 radical (unpaired) electrons. The molecule has 2 aliphatic rings. The van der Waals surface area contributed by atoms with Crippen LogP contribution in [0, 0.1) is 5.92 Å². The van der Waals surface area contributed by atoms with Crippen LogP contribution < -0.4 is 5.32 Å². The van der Waals surface area contributed by atoms with E-state index in [0.29, 0.717) is 23.3 Å². The highest BCUT2D eigenvalue weighted by atomic mass is 16.2. The van der Waals surface area contributed by atoms with Gasteiger partial charge in [-0.15, -0.1) is 0 Å². The van der Waals surface area contributed by atoms with Crippen LogP contribution in [0.1, 0.15) is 54.9 Å². The van der Waals surface area contributed by atoms with Crippen LogP contribution in [-0.2, 0) is 6.42 Å². The van der Waals surface area contributed by atoms with Crippen LogP contribution in [0.2, 0.25) is 0 Å². The Bertz CT molecular complexity index is 744. The molecule has 0 aromatic carbocycles. The van der Waals surface area contributed by atoms with E-state index in [9.17, 15) is 4.79 Å². The molecule has 4 rings (SSSR count). The van der Waals surface area contributed by atoms with E-state index in [1.807, 2.05) is 25.5 Å². The lowest BCUT2D eigenvalue weighted by molar-refractivity contribution is 0.0913. The number of aromatic nitrogens is 4. The molecule has 6 heteroatoms. The van der Waals surface area contributed by atoms with Crippen LogP contribution in [0.5, 0.6) is 0 Å². The number of hydrogen-bond donors (Lipinski definition) is 1. The molecule has 1 N–H and O–H groups in total. The molecule has 2 unspecified atom stereocenters. The first-order valence-electron chi connectivity index (χ1n) is 7.65. The van der Waals surface area contributed by atoms with E-state index in [2.05, 4.69) is 20.4 Å². The highest BCUT2D eigenvalue weighted by Gasteiger charge is 2.50. The second-order valence-electron chi connectivity index (χ2n) is 7.20. The molecule has 2 heterocycles. The zero-order chi connectivity index (χ0) is 15.5. The van der Waals surface area contributed by atoms with Crippen molar-refractivity contribution >= 4 is 5.91 Å². The summed E-state index contributed by atoms with van der Waals surface area (Å²) in [6.07, 6.45) is 7.12. The summed E-state index contributed by atoms with van der Waals surface area (Å²) in [5.74, 6) is 1.78. The topological polar surface area (TPSA) is 72.7 Å². The Labute approximate surface area is 129 Å². The molecule has 0 bridgehead atoms. The number of amides is 1. The minimum atomic E-state index is -0.276. The van der Waals surface area contributed by atoms with Crippen molar-refractivity contribution in [1.29, 1.82) is 0 Å². The molecule has 2 aromatic rings. The molecule has 22 heavy (non-hydrogen) atoms. The molecule has 0 saturated heterocycles. The van der Waals surface area contributed by atoms with Crippen molar-refractivity contribution in [1.82, 2.24) is 25.1 Å². The van der Waals surface area contributed by atoms with Crippen LogP contribution in [0.3, 0.4) is 0 Å². The standard InChI is InChI=1S/C16H19N5O/c1-16(2,3)19-15(22)13-11-7-9-6-10(9)14(11)21(20-13)12-8-17-4-5-18-12/h4-5,8-10H,6-7H2,1-3H3,(H,19,22). The van der Waals surface area contributed by atoms with Gasteiger partial charge in [0.25, 0.3) is 5.91 Å². The van der Waals surface area contributed by atoms with Crippen LogP contribution in [0.15, 0.2) is 18.6 Å². The Morgan fingerprint density at radius 2 is 2.18 bits per heavy atom. The Hall–Kier alpha value is -2.24. The van der Waals surface area contributed by atoms with Crippen LogP contribution in [0.4, 0.5) is 0 Å². The summed E-state index contributed by atoms with van der Waals surface area (Å²) in [7, 11) is 0. The predicted molar refractivity (Wildman–Crippen MR) is 80.9 cm³/mol. The fourth-order valence-electron chi connectivity index (χ4n) is 3.27. The van der Waals surface area contributed by atoms with Gasteiger partial charge in [-0.25, -0.2) is 9.67 Å². The van der Waals surface area contributed by atoms with E-state index in [-0.39, 0.29) is 11.4 Å². The van der Waals surface area contributed by atoms with Crippen molar-refractivity contribution in [2.24, 2.45) is 5.92 Å². The number of carbonyl (C=O) groups is 1. The molecule has 2 atom stereocenters. The lowest BCUT2D eigenvalue weighted by Gasteiger charge is -2.19. The third-order valence-corrected chi connectivity index (χ3v) is 4.23. The van der Waals surface area contributed by atoms with Crippen LogP contribution in [0.25, 0.3) is 5.82 Å². The van der Waals surface area contributed by atoms with Crippen LogP contribution in [-0.4, -0.2) is 31.2 Å². The molecule has 2 aromatic heterocycles. The lowest BCUT2D eigenvalue weighted by Crippen LogP contribution is -2.41. The molecular formula is C16H19N5O. The smallest absolute Gasteiger partial charge is 0.272 e. The van der Waals surface area contributed by atoms with Gasteiger partial charge < -0.3 is 5.32 Å². The average molecular weight is 297 g/mol. The van der Waals surface area contributed by atoms with Crippen molar-refractivity contribution in [3.8, 4) is 5.82 Å². The first-order valence-corrected chi connectivity index (χ1v) is 7.65. The molecule has 0 spiro atoms. The summed E-state index contributed by atoms with van der Waals surface area (Å²) in [5, 5.41) is 7.57. The van der Waals surface area contributed by atoms with E-state index < -0.39 is 0 Å². The normalized spacial score (nSPS) is 22.1. The van der Waals surface area contributed by atoms with Gasteiger partial charge in [0.15, 0.2) is 11.5 Å². The van der Waals surface area contributed by atoms with Gasteiger partial charge in [0.05, 0.1) is 11.9 Å². The lowest BCUT2D eigenvalue weighted by atomic mass is 10.1. The maximum atomic E-state index is 12.6. The maximum absolute atomic E-state index is 12.6. The molecule has 1 fully saturated rings. The number of hydrogen-bond acceptors (Lipinski definition) is 4. The first-order chi connectivity index (χ1) is 10.4. The summed E-state index contributed by atoms with van der Waals surface area (Å²) >= 11 is 0. The quantitative estimate of drug-likeness (QED) is 0.918. The summed E-state index contributed by atoms with van der Waals surface area (Å²) < 4.78 is 1.82. The highest BCUT2D eigenvalue weighted by Crippen LogP contribution is 2.57. The molecule has 1 amide bonds. The van der Waals surface area contributed by atoms with Gasteiger partial charge in [-0.2, -0.15) is 5.10 Å².